The van der Waals surface area contributed by atoms with E-state index in [9.17, 15) is 13.2 Å². The molecule has 98 valence electrons. The molecule has 1 aromatic rings. The van der Waals surface area contributed by atoms with E-state index in [1.807, 2.05) is 0 Å². The van der Waals surface area contributed by atoms with Crippen molar-refractivity contribution < 1.29 is 17.9 Å². The Kier molecular flexibility index (Phi) is 4.92. The van der Waals surface area contributed by atoms with Crippen LogP contribution >= 0.6 is 15.9 Å². The highest BCUT2D eigenvalue weighted by atomic mass is 79.9. The van der Waals surface area contributed by atoms with Gasteiger partial charge in [-0.3, -0.25) is 0 Å². The van der Waals surface area contributed by atoms with Crippen LogP contribution in [0.5, 0.6) is 0 Å². The molecule has 1 rings (SSSR count). The molecule has 0 saturated heterocycles. The number of hydrogen-bond donors (Lipinski definition) is 1. The van der Waals surface area contributed by atoms with Gasteiger partial charge in [-0.15, -0.1) is 0 Å². The molecular weight excluding hydrogens is 322 g/mol. The summed E-state index contributed by atoms with van der Waals surface area (Å²) in [5, 5.41) is 0.699. The van der Waals surface area contributed by atoms with E-state index >= 15 is 0 Å². The van der Waals surface area contributed by atoms with Gasteiger partial charge in [-0.2, -0.15) is 0 Å². The van der Waals surface area contributed by atoms with E-state index in [2.05, 4.69) is 20.7 Å². The average Bonchev–Trinajstić information content (AvgIpc) is 2.29. The first-order chi connectivity index (χ1) is 8.38. The molecule has 18 heavy (non-hydrogen) atoms. The van der Waals surface area contributed by atoms with Crippen LogP contribution in [0.1, 0.15) is 6.92 Å². The molecule has 0 fully saturated rings. The zero-order valence-electron chi connectivity index (χ0n) is 9.59. The van der Waals surface area contributed by atoms with Gasteiger partial charge >= 0.3 is 5.97 Å². The SMILES string of the molecule is CCOC(=O)C(N)=CS(=O)(=O)c1ccccc1Br. The van der Waals surface area contributed by atoms with Gasteiger partial charge in [-0.05, 0) is 35.0 Å². The van der Waals surface area contributed by atoms with Gasteiger partial charge in [-0.1, -0.05) is 12.1 Å². The number of nitrogens with two attached hydrogens (primary N) is 1. The molecule has 0 aliphatic heterocycles. The Balaban J connectivity index is 3.13. The fraction of sp³-hybridized carbons (Fsp3) is 0.182. The fourth-order valence-electron chi connectivity index (χ4n) is 1.17. The normalized spacial score (nSPS) is 12.2. The Morgan fingerprint density at radius 2 is 2.06 bits per heavy atom. The molecule has 0 radical (unpaired) electrons. The van der Waals surface area contributed by atoms with Crippen molar-refractivity contribution in [3.8, 4) is 0 Å². The summed E-state index contributed by atoms with van der Waals surface area (Å²) in [4.78, 5) is 11.3. The second-order valence-corrected chi connectivity index (χ2v) is 5.89. The first-order valence-electron chi connectivity index (χ1n) is 5.02. The zero-order valence-corrected chi connectivity index (χ0v) is 12.0. The maximum atomic E-state index is 12.0. The molecule has 5 nitrogen and oxygen atoms in total. The number of sulfone groups is 1. The number of rotatable bonds is 4. The predicted molar refractivity (Wildman–Crippen MR) is 70.2 cm³/mol. The van der Waals surface area contributed by atoms with Crippen LogP contribution in [0.4, 0.5) is 0 Å². The van der Waals surface area contributed by atoms with Crippen LogP contribution in [-0.2, 0) is 19.4 Å². The third kappa shape index (κ3) is 3.58. The lowest BCUT2D eigenvalue weighted by atomic mass is 10.4. The van der Waals surface area contributed by atoms with Crippen LogP contribution in [0.25, 0.3) is 0 Å². The number of esters is 1. The number of carbonyl (C=O) groups excluding carboxylic acids is 1. The first-order valence-corrected chi connectivity index (χ1v) is 7.36. The van der Waals surface area contributed by atoms with Gasteiger partial charge in [0.15, 0.2) is 0 Å². The maximum absolute atomic E-state index is 12.0. The van der Waals surface area contributed by atoms with E-state index in [4.69, 9.17) is 5.73 Å². The van der Waals surface area contributed by atoms with Crippen molar-refractivity contribution in [1.82, 2.24) is 0 Å². The van der Waals surface area contributed by atoms with Crippen molar-refractivity contribution in [2.75, 3.05) is 6.61 Å². The van der Waals surface area contributed by atoms with Gasteiger partial charge in [0.1, 0.15) is 5.70 Å². The Hall–Kier alpha value is -1.34. The first kappa shape index (κ1) is 14.7. The number of halogens is 1. The quantitative estimate of drug-likeness (QED) is 0.667. The van der Waals surface area contributed by atoms with Gasteiger partial charge < -0.3 is 10.5 Å². The number of carbonyl (C=O) groups is 1. The molecule has 0 amide bonds. The molecule has 7 heteroatoms. The van der Waals surface area contributed by atoms with Crippen molar-refractivity contribution in [1.29, 1.82) is 0 Å². The highest BCUT2D eigenvalue weighted by Crippen LogP contribution is 2.23. The van der Waals surface area contributed by atoms with Crippen molar-refractivity contribution in [3.63, 3.8) is 0 Å². The molecule has 2 N–H and O–H groups in total. The van der Waals surface area contributed by atoms with E-state index in [0.29, 0.717) is 9.88 Å². The van der Waals surface area contributed by atoms with Gasteiger partial charge in [0.05, 0.1) is 16.9 Å². The van der Waals surface area contributed by atoms with Crippen molar-refractivity contribution in [2.45, 2.75) is 11.8 Å². The molecule has 0 saturated carbocycles. The Morgan fingerprint density at radius 3 is 2.61 bits per heavy atom. The molecule has 0 heterocycles. The van der Waals surface area contributed by atoms with Crippen LogP contribution in [0, 0.1) is 0 Å². The summed E-state index contributed by atoms with van der Waals surface area (Å²) >= 11 is 3.12. The summed E-state index contributed by atoms with van der Waals surface area (Å²) < 4.78 is 29.0. The highest BCUT2D eigenvalue weighted by Gasteiger charge is 2.18. The predicted octanol–water partition coefficient (Wildman–Crippen LogP) is 1.59. The summed E-state index contributed by atoms with van der Waals surface area (Å²) in [5.41, 5.74) is 4.92. The van der Waals surface area contributed by atoms with Gasteiger partial charge in [-0.25, -0.2) is 13.2 Å². The second kappa shape index (κ2) is 6.01. The topological polar surface area (TPSA) is 86.5 Å². The molecule has 0 spiro atoms. The number of benzene rings is 1. The lowest BCUT2D eigenvalue weighted by Crippen LogP contribution is -2.16. The highest BCUT2D eigenvalue weighted by molar-refractivity contribution is 9.10. The van der Waals surface area contributed by atoms with Crippen molar-refractivity contribution in [3.05, 3.63) is 39.8 Å². The van der Waals surface area contributed by atoms with Crippen LogP contribution in [0.15, 0.2) is 44.7 Å². The summed E-state index contributed by atoms with van der Waals surface area (Å²) in [6.45, 7) is 1.73. The fourth-order valence-corrected chi connectivity index (χ4v) is 3.30. The minimum absolute atomic E-state index is 0.0391. The molecular formula is C11H12BrNO4S. The smallest absolute Gasteiger partial charge is 0.354 e. The molecule has 0 atom stereocenters. The van der Waals surface area contributed by atoms with E-state index in [-0.39, 0.29) is 11.5 Å². The monoisotopic (exact) mass is 333 g/mol. The Morgan fingerprint density at radius 1 is 1.44 bits per heavy atom. The Labute approximate surface area is 114 Å². The van der Waals surface area contributed by atoms with E-state index in [1.54, 1.807) is 25.1 Å². The minimum Gasteiger partial charge on any atom is -0.461 e. The van der Waals surface area contributed by atoms with Crippen LogP contribution in [-0.4, -0.2) is 21.0 Å². The van der Waals surface area contributed by atoms with Gasteiger partial charge in [0.2, 0.25) is 9.84 Å². The standard InChI is InChI=1S/C11H12BrNO4S/c1-2-17-11(14)9(13)7-18(15,16)10-6-4-3-5-8(10)12/h3-7H,2,13H2,1H3. The Bertz CT molecular complexity index is 580. The van der Waals surface area contributed by atoms with Gasteiger partial charge in [0, 0.05) is 4.47 Å². The summed E-state index contributed by atoms with van der Waals surface area (Å²) in [6, 6.07) is 6.25. The largest absolute Gasteiger partial charge is 0.461 e. The van der Waals surface area contributed by atoms with Gasteiger partial charge in [0.25, 0.3) is 0 Å². The second-order valence-electron chi connectivity index (χ2n) is 3.27. The maximum Gasteiger partial charge on any atom is 0.354 e. The summed E-state index contributed by atoms with van der Waals surface area (Å²) in [6.07, 6.45) is 0. The average molecular weight is 334 g/mol. The molecule has 0 aliphatic rings. The van der Waals surface area contributed by atoms with Crippen LogP contribution in [0.2, 0.25) is 0 Å². The molecule has 0 unspecified atom stereocenters. The zero-order chi connectivity index (χ0) is 13.8. The molecule has 0 aromatic heterocycles. The lowest BCUT2D eigenvalue weighted by molar-refractivity contribution is -0.138. The number of hydrogen-bond acceptors (Lipinski definition) is 5. The molecule has 0 bridgehead atoms. The van der Waals surface area contributed by atoms with E-state index < -0.39 is 21.5 Å². The van der Waals surface area contributed by atoms with Crippen molar-refractivity contribution in [2.24, 2.45) is 5.73 Å². The lowest BCUT2D eigenvalue weighted by Gasteiger charge is -2.04. The van der Waals surface area contributed by atoms with E-state index in [1.165, 1.54) is 6.07 Å². The minimum atomic E-state index is -3.79. The third-order valence-corrected chi connectivity index (χ3v) is 4.42. The summed E-state index contributed by atoms with van der Waals surface area (Å²) in [5.74, 6) is -0.854. The van der Waals surface area contributed by atoms with Crippen LogP contribution in [0.3, 0.4) is 0 Å². The van der Waals surface area contributed by atoms with Crippen molar-refractivity contribution >= 4 is 31.7 Å². The number of ether oxygens (including phenoxy) is 1. The van der Waals surface area contributed by atoms with E-state index in [0.717, 1.165) is 0 Å². The molecule has 1 aromatic carbocycles. The third-order valence-electron chi connectivity index (χ3n) is 1.94. The molecule has 0 aliphatic carbocycles. The summed E-state index contributed by atoms with van der Waals surface area (Å²) in [7, 11) is -3.79. The van der Waals surface area contributed by atoms with Crippen LogP contribution < -0.4 is 5.73 Å².